The van der Waals surface area contributed by atoms with Crippen molar-refractivity contribution in [3.8, 4) is 28.0 Å². The first-order valence-electron chi connectivity index (χ1n) is 13.4. The van der Waals surface area contributed by atoms with E-state index in [9.17, 15) is 4.79 Å². The maximum absolute atomic E-state index is 11.0. The van der Waals surface area contributed by atoms with Gasteiger partial charge in [-0.25, -0.2) is 4.79 Å². The van der Waals surface area contributed by atoms with E-state index in [2.05, 4.69) is 103 Å². The quantitative estimate of drug-likeness (QED) is 0.0648. The van der Waals surface area contributed by atoms with E-state index >= 15 is 0 Å². The number of esters is 1. The van der Waals surface area contributed by atoms with Crippen molar-refractivity contribution in [2.45, 2.75) is 45.4 Å². The number of carbonyl (C=O) groups excluding carboxylic acids is 1. The van der Waals surface area contributed by atoms with Crippen molar-refractivity contribution in [3.05, 3.63) is 101 Å². The van der Waals surface area contributed by atoms with Crippen LogP contribution in [0.3, 0.4) is 0 Å². The lowest BCUT2D eigenvalue weighted by atomic mass is 9.97. The van der Waals surface area contributed by atoms with Gasteiger partial charge in [-0.1, -0.05) is 74.5 Å². The highest BCUT2D eigenvalue weighted by Gasteiger charge is 2.08. The molecule has 4 heteroatoms. The van der Waals surface area contributed by atoms with Gasteiger partial charge < -0.3 is 9.47 Å². The predicted octanol–water partition coefficient (Wildman–Crippen LogP) is 9.40. The summed E-state index contributed by atoms with van der Waals surface area (Å²) in [5, 5.41) is 2.59. The van der Waals surface area contributed by atoms with Crippen molar-refractivity contribution in [2.24, 2.45) is 0 Å². The van der Waals surface area contributed by atoms with Gasteiger partial charge >= 0.3 is 5.97 Å². The number of halogens is 1. The lowest BCUT2D eigenvalue weighted by Gasteiger charge is -2.11. The van der Waals surface area contributed by atoms with Crippen molar-refractivity contribution in [2.75, 3.05) is 13.2 Å². The summed E-state index contributed by atoms with van der Waals surface area (Å²) in [6.07, 6.45) is 7.40. The number of hydrogen-bond donors (Lipinski definition) is 0. The molecule has 0 radical (unpaired) electrons. The maximum atomic E-state index is 11.0. The van der Waals surface area contributed by atoms with Crippen LogP contribution in [0.4, 0.5) is 0 Å². The van der Waals surface area contributed by atoms with Gasteiger partial charge in [0.25, 0.3) is 0 Å². The molecule has 4 aromatic rings. The van der Waals surface area contributed by atoms with Crippen LogP contribution in [0.2, 0.25) is 0 Å². The molecule has 0 bridgehead atoms. The predicted molar refractivity (Wildman–Crippen MR) is 167 cm³/mol. The monoisotopic (exact) mass is 618 g/mol. The fourth-order valence-electron chi connectivity index (χ4n) is 4.56. The molecule has 0 aliphatic rings. The van der Waals surface area contributed by atoms with E-state index < -0.39 is 0 Å². The van der Waals surface area contributed by atoms with Gasteiger partial charge in [0.05, 0.1) is 13.2 Å². The van der Waals surface area contributed by atoms with Gasteiger partial charge in [0.1, 0.15) is 5.75 Å². The van der Waals surface area contributed by atoms with Crippen molar-refractivity contribution in [1.29, 1.82) is 0 Å². The van der Waals surface area contributed by atoms with E-state index in [1.54, 1.807) is 0 Å². The van der Waals surface area contributed by atoms with Crippen molar-refractivity contribution in [3.63, 3.8) is 0 Å². The second-order valence-electron chi connectivity index (χ2n) is 9.50. The largest absolute Gasteiger partial charge is 0.494 e. The Labute approximate surface area is 240 Å². The van der Waals surface area contributed by atoms with E-state index in [1.807, 2.05) is 12.1 Å². The highest BCUT2D eigenvalue weighted by Crippen LogP contribution is 2.32. The Bertz CT molecular complexity index is 1370. The van der Waals surface area contributed by atoms with Gasteiger partial charge in [0.2, 0.25) is 0 Å². The van der Waals surface area contributed by atoms with Crippen LogP contribution in [0, 0.1) is 3.57 Å². The molecule has 0 saturated carbocycles. The lowest BCUT2D eigenvalue weighted by Crippen LogP contribution is -2.02. The van der Waals surface area contributed by atoms with Gasteiger partial charge in [0.15, 0.2) is 0 Å². The van der Waals surface area contributed by atoms with Crippen LogP contribution in [0.25, 0.3) is 33.0 Å². The normalized spacial score (nSPS) is 10.9. The van der Waals surface area contributed by atoms with E-state index in [1.165, 1.54) is 54.7 Å². The molecule has 0 N–H and O–H groups in total. The molecule has 196 valence electrons. The maximum Gasteiger partial charge on any atom is 0.330 e. The summed E-state index contributed by atoms with van der Waals surface area (Å²) in [5.74, 6) is 0.534. The summed E-state index contributed by atoms with van der Waals surface area (Å²) in [4.78, 5) is 11.0. The van der Waals surface area contributed by atoms with Gasteiger partial charge in [-0.2, -0.15) is 0 Å². The van der Waals surface area contributed by atoms with Gasteiger partial charge in [-0.15, -0.1) is 0 Å². The Morgan fingerprint density at radius 3 is 2.21 bits per heavy atom. The minimum absolute atomic E-state index is 0.354. The minimum atomic E-state index is -0.354. The molecule has 0 atom stereocenters. The molecule has 0 aliphatic carbocycles. The summed E-state index contributed by atoms with van der Waals surface area (Å²) in [6.45, 7) is 6.75. The molecule has 0 unspecified atom stereocenters. The molecule has 0 aromatic heterocycles. The first-order chi connectivity index (χ1) is 18.6. The third-order valence-corrected chi connectivity index (χ3v) is 7.52. The van der Waals surface area contributed by atoms with Crippen molar-refractivity contribution < 1.29 is 14.3 Å². The first-order valence-corrected chi connectivity index (χ1v) is 14.5. The molecular formula is C34H35IO3. The number of unbranched alkanes of at least 4 members (excludes halogenated alkanes) is 3. The van der Waals surface area contributed by atoms with Crippen LogP contribution in [0.1, 0.15) is 44.6 Å². The molecular weight excluding hydrogens is 583 g/mol. The summed E-state index contributed by atoms with van der Waals surface area (Å²) >= 11 is 2.45. The highest BCUT2D eigenvalue weighted by atomic mass is 127. The Balaban J connectivity index is 1.31. The van der Waals surface area contributed by atoms with Crippen LogP contribution in [-0.2, 0) is 16.0 Å². The van der Waals surface area contributed by atoms with Crippen LogP contribution >= 0.6 is 22.6 Å². The number of carbonyl (C=O) groups is 1. The van der Waals surface area contributed by atoms with E-state index in [-0.39, 0.29) is 5.97 Å². The van der Waals surface area contributed by atoms with E-state index in [4.69, 9.17) is 9.47 Å². The molecule has 0 heterocycles. The Morgan fingerprint density at radius 2 is 1.47 bits per heavy atom. The zero-order chi connectivity index (χ0) is 26.7. The van der Waals surface area contributed by atoms with E-state index in [0.717, 1.165) is 37.9 Å². The second kappa shape index (κ2) is 14.1. The molecule has 38 heavy (non-hydrogen) atoms. The number of fused-ring (bicyclic) bond motifs is 1. The summed E-state index contributed by atoms with van der Waals surface area (Å²) in [6, 6.07) is 28.6. The lowest BCUT2D eigenvalue weighted by molar-refractivity contribution is -0.137. The fourth-order valence-corrected chi connectivity index (χ4v) is 5.39. The average Bonchev–Trinajstić information content (AvgIpc) is 2.94. The first kappa shape index (κ1) is 27.9. The average molecular weight is 619 g/mol. The Hall–Kier alpha value is -3.12. The fraction of sp³-hybridized carbons (Fsp3) is 0.265. The number of aryl methyl sites for hydroxylation is 1. The topological polar surface area (TPSA) is 35.5 Å². The molecule has 3 nitrogen and oxygen atoms in total. The standard InChI is InChI=1S/C34H35IO3/c1-3-9-25-10-11-28-23-30(13-12-27(28)22-25)32-19-16-29(24-33(32)35)26-14-17-31(18-15-26)37-20-7-5-6-8-21-38-34(36)4-2/h4,10-19,22-24H,2-3,5-9,20-21H2,1H3. The molecule has 0 spiro atoms. The summed E-state index contributed by atoms with van der Waals surface area (Å²) in [7, 11) is 0. The summed E-state index contributed by atoms with van der Waals surface area (Å²) < 4.78 is 12.1. The van der Waals surface area contributed by atoms with Gasteiger partial charge in [0, 0.05) is 9.65 Å². The third-order valence-electron chi connectivity index (χ3n) is 6.63. The Kier molecular flexibility index (Phi) is 10.4. The van der Waals surface area contributed by atoms with E-state index in [0.29, 0.717) is 13.2 Å². The smallest absolute Gasteiger partial charge is 0.330 e. The third kappa shape index (κ3) is 7.70. The van der Waals surface area contributed by atoms with Crippen molar-refractivity contribution >= 4 is 39.3 Å². The zero-order valence-electron chi connectivity index (χ0n) is 22.0. The molecule has 4 aromatic carbocycles. The molecule has 0 amide bonds. The Morgan fingerprint density at radius 1 is 0.789 bits per heavy atom. The van der Waals surface area contributed by atoms with Gasteiger partial charge in [-0.3, -0.25) is 0 Å². The van der Waals surface area contributed by atoms with Crippen LogP contribution in [-0.4, -0.2) is 19.2 Å². The number of rotatable bonds is 13. The van der Waals surface area contributed by atoms with Crippen LogP contribution in [0.15, 0.2) is 91.5 Å². The highest BCUT2D eigenvalue weighted by molar-refractivity contribution is 14.1. The number of ether oxygens (including phenoxy) is 2. The molecule has 0 fully saturated rings. The molecule has 0 aliphatic heterocycles. The van der Waals surface area contributed by atoms with Gasteiger partial charge in [-0.05, 0) is 118 Å². The molecule has 0 saturated heterocycles. The zero-order valence-corrected chi connectivity index (χ0v) is 24.2. The summed E-state index contributed by atoms with van der Waals surface area (Å²) in [5.41, 5.74) is 6.29. The molecule has 4 rings (SSSR count). The van der Waals surface area contributed by atoms with Crippen molar-refractivity contribution in [1.82, 2.24) is 0 Å². The number of benzene rings is 4. The minimum Gasteiger partial charge on any atom is -0.494 e. The van der Waals surface area contributed by atoms with Crippen LogP contribution in [0.5, 0.6) is 5.75 Å². The van der Waals surface area contributed by atoms with Crippen LogP contribution < -0.4 is 4.74 Å². The number of hydrogen-bond acceptors (Lipinski definition) is 3. The SMILES string of the molecule is C=CC(=O)OCCCCCCOc1ccc(-c2ccc(-c3ccc4cc(CCC)ccc4c3)c(I)c2)cc1. The second-order valence-corrected chi connectivity index (χ2v) is 10.7.